The molecule has 0 unspecified atom stereocenters. The van der Waals surface area contributed by atoms with E-state index >= 15 is 0 Å². The molecule has 0 spiro atoms. The Bertz CT molecular complexity index is 848. The molecule has 0 radical (unpaired) electrons. The molecule has 122 valence electrons. The molecule has 7 heteroatoms. The third kappa shape index (κ3) is 2.67. The zero-order valence-electron chi connectivity index (χ0n) is 14.5. The Hall–Kier alpha value is -2.44. The van der Waals surface area contributed by atoms with Crippen molar-refractivity contribution >= 4 is 17.0 Å². The van der Waals surface area contributed by atoms with Gasteiger partial charge in [-0.2, -0.15) is 10.1 Å². The van der Waals surface area contributed by atoms with Crippen molar-refractivity contribution in [3.05, 3.63) is 29.2 Å². The Balaban J connectivity index is 1.97. The second-order valence-corrected chi connectivity index (χ2v) is 6.13. The van der Waals surface area contributed by atoms with Gasteiger partial charge in [0, 0.05) is 37.8 Å². The molecular formula is C16H22N6O. The van der Waals surface area contributed by atoms with E-state index in [2.05, 4.69) is 50.4 Å². The van der Waals surface area contributed by atoms with Crippen LogP contribution in [0, 0.1) is 20.8 Å². The topological polar surface area (TPSA) is 72.9 Å². The van der Waals surface area contributed by atoms with Gasteiger partial charge in [0.2, 0.25) is 0 Å². The SMILES string of the molecule is Cc1nc2c(N(C)Cc3c(C)nn(C(C)C)c3C)ncnc2o1. The highest BCUT2D eigenvalue weighted by atomic mass is 16.4. The highest BCUT2D eigenvalue weighted by molar-refractivity contribution is 5.81. The van der Waals surface area contributed by atoms with Gasteiger partial charge in [-0.25, -0.2) is 9.97 Å². The summed E-state index contributed by atoms with van der Waals surface area (Å²) in [5.74, 6) is 1.36. The van der Waals surface area contributed by atoms with Crippen LogP contribution in [0.25, 0.3) is 11.2 Å². The largest absolute Gasteiger partial charge is 0.422 e. The zero-order valence-corrected chi connectivity index (χ0v) is 14.5. The maximum Gasteiger partial charge on any atom is 0.252 e. The van der Waals surface area contributed by atoms with E-state index in [1.807, 2.05) is 20.9 Å². The summed E-state index contributed by atoms with van der Waals surface area (Å²) in [7, 11) is 2.00. The van der Waals surface area contributed by atoms with Crippen molar-refractivity contribution in [1.29, 1.82) is 0 Å². The van der Waals surface area contributed by atoms with Crippen molar-refractivity contribution in [3.63, 3.8) is 0 Å². The number of hydrogen-bond acceptors (Lipinski definition) is 6. The Morgan fingerprint density at radius 1 is 1.22 bits per heavy atom. The van der Waals surface area contributed by atoms with Crippen LogP contribution in [0.4, 0.5) is 5.82 Å². The van der Waals surface area contributed by atoms with Crippen molar-refractivity contribution in [3.8, 4) is 0 Å². The molecule has 3 aromatic heterocycles. The molecule has 0 aliphatic rings. The summed E-state index contributed by atoms with van der Waals surface area (Å²) < 4.78 is 7.55. The number of nitrogens with zero attached hydrogens (tertiary/aromatic N) is 6. The van der Waals surface area contributed by atoms with Gasteiger partial charge >= 0.3 is 0 Å². The van der Waals surface area contributed by atoms with E-state index in [4.69, 9.17) is 4.42 Å². The molecule has 23 heavy (non-hydrogen) atoms. The van der Waals surface area contributed by atoms with Crippen molar-refractivity contribution in [2.75, 3.05) is 11.9 Å². The Morgan fingerprint density at radius 2 is 1.96 bits per heavy atom. The maximum atomic E-state index is 5.49. The standard InChI is InChI=1S/C16H22N6O/c1-9(2)22-11(4)13(10(3)20-22)7-21(6)15-14-16(18-8-17-15)23-12(5)19-14/h8-9H,7H2,1-6H3. The molecule has 0 aromatic carbocycles. The average Bonchev–Trinajstić information content (AvgIpc) is 3.00. The Kier molecular flexibility index (Phi) is 3.79. The lowest BCUT2D eigenvalue weighted by molar-refractivity contribution is 0.515. The van der Waals surface area contributed by atoms with E-state index in [9.17, 15) is 0 Å². The van der Waals surface area contributed by atoms with Gasteiger partial charge in [-0.15, -0.1) is 0 Å². The lowest BCUT2D eigenvalue weighted by atomic mass is 10.2. The van der Waals surface area contributed by atoms with Crippen molar-refractivity contribution < 1.29 is 4.42 Å². The Morgan fingerprint density at radius 3 is 2.61 bits per heavy atom. The minimum atomic E-state index is 0.344. The summed E-state index contributed by atoms with van der Waals surface area (Å²) in [6, 6.07) is 0.344. The summed E-state index contributed by atoms with van der Waals surface area (Å²) in [6.45, 7) is 11.0. The molecule has 0 saturated heterocycles. The molecule has 0 aliphatic heterocycles. The van der Waals surface area contributed by atoms with E-state index in [0.29, 0.717) is 29.7 Å². The maximum absolute atomic E-state index is 5.49. The van der Waals surface area contributed by atoms with Crippen LogP contribution in [-0.2, 0) is 6.54 Å². The van der Waals surface area contributed by atoms with Crippen molar-refractivity contribution in [1.82, 2.24) is 24.7 Å². The highest BCUT2D eigenvalue weighted by Crippen LogP contribution is 2.25. The van der Waals surface area contributed by atoms with Crippen LogP contribution in [0.1, 0.15) is 42.7 Å². The van der Waals surface area contributed by atoms with Crippen molar-refractivity contribution in [2.24, 2.45) is 0 Å². The summed E-state index contributed by atoms with van der Waals surface area (Å²) in [6.07, 6.45) is 1.51. The molecule has 3 aromatic rings. The molecule has 0 saturated carbocycles. The molecule has 7 nitrogen and oxygen atoms in total. The minimum Gasteiger partial charge on any atom is -0.422 e. The average molecular weight is 314 g/mol. The second-order valence-electron chi connectivity index (χ2n) is 6.13. The van der Waals surface area contributed by atoms with Gasteiger partial charge in [0.1, 0.15) is 6.33 Å². The van der Waals surface area contributed by atoms with E-state index in [0.717, 1.165) is 11.5 Å². The van der Waals surface area contributed by atoms with E-state index in [1.165, 1.54) is 17.6 Å². The van der Waals surface area contributed by atoms with Gasteiger partial charge in [0.05, 0.1) is 5.69 Å². The van der Waals surface area contributed by atoms with Crippen LogP contribution in [0.15, 0.2) is 10.7 Å². The van der Waals surface area contributed by atoms with E-state index < -0.39 is 0 Å². The van der Waals surface area contributed by atoms with E-state index in [1.54, 1.807) is 0 Å². The fourth-order valence-electron chi connectivity index (χ4n) is 2.87. The van der Waals surface area contributed by atoms with E-state index in [-0.39, 0.29) is 0 Å². The molecular weight excluding hydrogens is 292 g/mol. The minimum absolute atomic E-state index is 0.344. The van der Waals surface area contributed by atoms with Crippen LogP contribution < -0.4 is 4.90 Å². The number of aromatic nitrogens is 5. The summed E-state index contributed by atoms with van der Waals surface area (Å²) in [4.78, 5) is 15.0. The van der Waals surface area contributed by atoms with Gasteiger partial charge < -0.3 is 9.32 Å². The third-order valence-electron chi connectivity index (χ3n) is 4.00. The number of oxazole rings is 1. The summed E-state index contributed by atoms with van der Waals surface area (Å²) in [5.41, 5.74) is 4.66. The third-order valence-corrected chi connectivity index (χ3v) is 4.00. The summed E-state index contributed by atoms with van der Waals surface area (Å²) in [5, 5.41) is 4.65. The molecule has 0 atom stereocenters. The second kappa shape index (κ2) is 5.64. The summed E-state index contributed by atoms with van der Waals surface area (Å²) >= 11 is 0. The molecule has 0 aliphatic carbocycles. The van der Waals surface area contributed by atoms with Gasteiger partial charge in [-0.3, -0.25) is 4.68 Å². The monoisotopic (exact) mass is 314 g/mol. The number of aryl methyl sites for hydroxylation is 2. The first-order valence-corrected chi connectivity index (χ1v) is 7.72. The highest BCUT2D eigenvalue weighted by Gasteiger charge is 2.18. The molecule has 0 fully saturated rings. The number of hydrogen-bond donors (Lipinski definition) is 0. The fourth-order valence-corrected chi connectivity index (χ4v) is 2.87. The van der Waals surface area contributed by atoms with Crippen LogP contribution >= 0.6 is 0 Å². The van der Waals surface area contributed by atoms with Gasteiger partial charge in [-0.05, 0) is 27.7 Å². The number of fused-ring (bicyclic) bond motifs is 1. The smallest absolute Gasteiger partial charge is 0.252 e. The lowest BCUT2D eigenvalue weighted by Gasteiger charge is -2.18. The van der Waals surface area contributed by atoms with Crippen LogP contribution in [0.2, 0.25) is 0 Å². The Labute approximate surface area is 135 Å². The van der Waals surface area contributed by atoms with Crippen LogP contribution in [0.5, 0.6) is 0 Å². The first-order valence-electron chi connectivity index (χ1n) is 7.72. The fraction of sp³-hybridized carbons (Fsp3) is 0.500. The molecule has 0 bridgehead atoms. The normalized spacial score (nSPS) is 11.6. The lowest BCUT2D eigenvalue weighted by Crippen LogP contribution is -2.19. The number of rotatable bonds is 4. The zero-order chi connectivity index (χ0) is 16.7. The first kappa shape index (κ1) is 15.5. The van der Waals surface area contributed by atoms with Crippen LogP contribution in [0.3, 0.4) is 0 Å². The quantitative estimate of drug-likeness (QED) is 0.737. The van der Waals surface area contributed by atoms with Crippen molar-refractivity contribution in [2.45, 2.75) is 47.2 Å². The van der Waals surface area contributed by atoms with Gasteiger partial charge in [0.25, 0.3) is 5.71 Å². The molecule has 0 amide bonds. The number of anilines is 1. The predicted molar refractivity (Wildman–Crippen MR) is 88.5 cm³/mol. The molecule has 0 N–H and O–H groups in total. The molecule has 3 rings (SSSR count). The predicted octanol–water partition coefficient (Wildman–Crippen LogP) is 2.96. The molecule has 3 heterocycles. The van der Waals surface area contributed by atoms with Gasteiger partial charge in [0.15, 0.2) is 17.2 Å². The first-order chi connectivity index (χ1) is 10.9. The van der Waals surface area contributed by atoms with Crippen LogP contribution in [-0.4, -0.2) is 31.8 Å². The van der Waals surface area contributed by atoms with Gasteiger partial charge in [-0.1, -0.05) is 0 Å².